The van der Waals surface area contributed by atoms with Gasteiger partial charge in [-0.2, -0.15) is 0 Å². The lowest BCUT2D eigenvalue weighted by Crippen LogP contribution is -2.21. The van der Waals surface area contributed by atoms with E-state index in [0.717, 1.165) is 88.8 Å². The summed E-state index contributed by atoms with van der Waals surface area (Å²) < 4.78 is 0. The minimum absolute atomic E-state index is 0.166. The van der Waals surface area contributed by atoms with E-state index < -0.39 is 23.9 Å². The second kappa shape index (κ2) is 21.9. The third-order valence-electron chi connectivity index (χ3n) is 12.1. The third kappa shape index (κ3) is 11.4. The van der Waals surface area contributed by atoms with Crippen molar-refractivity contribution in [2.45, 2.75) is 26.2 Å². The van der Waals surface area contributed by atoms with E-state index in [1.807, 2.05) is 146 Å². The molecule has 0 saturated heterocycles. The number of hydrogen-bond donors (Lipinski definition) is 10. The first-order valence-corrected chi connectivity index (χ1v) is 23.2. The van der Waals surface area contributed by atoms with Gasteiger partial charge in [-0.25, -0.2) is 9.97 Å². The summed E-state index contributed by atoms with van der Waals surface area (Å²) in [4.78, 5) is 63.2. The van der Waals surface area contributed by atoms with Crippen molar-refractivity contribution < 1.29 is 39.6 Å². The van der Waals surface area contributed by atoms with E-state index >= 15 is 0 Å². The normalized spacial score (nSPS) is 11.8. The summed E-state index contributed by atoms with van der Waals surface area (Å²) in [6.45, 7) is 0.821. The van der Waals surface area contributed by atoms with Gasteiger partial charge in [-0.05, 0) is 93.1 Å². The van der Waals surface area contributed by atoms with Gasteiger partial charge in [0.05, 0.1) is 49.0 Å². The standard InChI is InChI=1S/C56H50N8O8/c65-49(66)29-57-25-33-1-9-37(10-2-33)53-41-17-19-43(61-41)54(38-11-3-34(4-12-38)26-58-30-50(67)68)45-21-23-47(63-45)56(40-15-7-36(8-16-40)28-60-32-52(71)72)48-24-22-46(64-48)55(44-20-18-42(53)62-44)39-13-5-35(6-14-39)27-59-31-51(69)70/h1-24,57-61,64H,25-32H2,(H,65,66)(H,67,68)(H,69,70)(H,71,72). The number of nitrogens with zero attached hydrogens (tertiary/aromatic N) is 2. The van der Waals surface area contributed by atoms with Gasteiger partial charge in [-0.15, -0.1) is 0 Å². The lowest BCUT2D eigenvalue weighted by Gasteiger charge is -2.09. The van der Waals surface area contributed by atoms with Crippen molar-refractivity contribution in [1.29, 1.82) is 0 Å². The first-order chi connectivity index (χ1) is 34.9. The molecular weight excluding hydrogens is 913 g/mol. The third-order valence-corrected chi connectivity index (χ3v) is 12.1. The maximum atomic E-state index is 11.2. The number of aliphatic carboxylic acids is 4. The SMILES string of the molecule is O=C(O)CNCc1ccc(-c2c3nc(c(-c4ccc(CNCC(=O)O)cc4)c4ccc([nH]4)c(-c4ccc(CNCC(=O)O)cc4)c4nc(c(-c5ccc(CNCC(=O)O)cc5)c5ccc2[nH]5)C=C4)C=C3)cc1. The molecule has 2 aliphatic rings. The summed E-state index contributed by atoms with van der Waals surface area (Å²) in [5.74, 6) is -3.75. The Labute approximate surface area is 412 Å². The zero-order valence-corrected chi connectivity index (χ0v) is 38.8. The molecule has 0 fully saturated rings. The number of nitrogens with one attached hydrogen (secondary N) is 6. The Bertz CT molecular complexity index is 2970. The maximum Gasteiger partial charge on any atom is 0.317 e. The molecule has 8 bridgehead atoms. The molecule has 9 rings (SSSR count). The first-order valence-electron chi connectivity index (χ1n) is 23.2. The van der Waals surface area contributed by atoms with Crippen LogP contribution in [0, 0.1) is 0 Å². The van der Waals surface area contributed by atoms with Crippen LogP contribution in [0.1, 0.15) is 45.0 Å². The molecule has 2 aliphatic heterocycles. The Balaban J connectivity index is 1.29. The Morgan fingerprint density at radius 3 is 0.736 bits per heavy atom. The Hall–Kier alpha value is -8.80. The lowest BCUT2D eigenvalue weighted by molar-refractivity contribution is -0.137. The quantitative estimate of drug-likeness (QED) is 0.0347. The van der Waals surface area contributed by atoms with Gasteiger partial charge >= 0.3 is 23.9 Å². The fourth-order valence-corrected chi connectivity index (χ4v) is 8.83. The molecule has 0 amide bonds. The van der Waals surface area contributed by atoms with Crippen LogP contribution in [0.2, 0.25) is 0 Å². The van der Waals surface area contributed by atoms with Crippen LogP contribution < -0.4 is 21.3 Å². The average Bonchev–Trinajstić information content (AvgIpc) is 4.22. The van der Waals surface area contributed by atoms with Crippen LogP contribution in [-0.2, 0) is 45.4 Å². The molecule has 4 aromatic carbocycles. The Kier molecular flexibility index (Phi) is 14.7. The summed E-state index contributed by atoms with van der Waals surface area (Å²) in [7, 11) is 0. The summed E-state index contributed by atoms with van der Waals surface area (Å²) in [5, 5.41) is 48.6. The number of carbonyl (C=O) groups is 4. The van der Waals surface area contributed by atoms with Crippen molar-refractivity contribution >= 4 is 70.2 Å². The number of aromatic nitrogens is 4. The number of fused-ring (bicyclic) bond motifs is 8. The zero-order valence-electron chi connectivity index (χ0n) is 38.8. The molecule has 16 nitrogen and oxygen atoms in total. The van der Waals surface area contributed by atoms with Gasteiger partial charge in [0.15, 0.2) is 0 Å². The molecule has 3 aromatic heterocycles. The van der Waals surface area contributed by atoms with Crippen LogP contribution in [0.25, 0.3) is 90.9 Å². The number of H-pyrrole nitrogens is 2. The van der Waals surface area contributed by atoms with Gasteiger partial charge < -0.3 is 51.7 Å². The molecule has 0 unspecified atom stereocenters. The average molecular weight is 963 g/mol. The minimum atomic E-state index is -0.938. The molecule has 0 saturated carbocycles. The van der Waals surface area contributed by atoms with Gasteiger partial charge in [0.25, 0.3) is 0 Å². The van der Waals surface area contributed by atoms with E-state index in [9.17, 15) is 39.6 Å². The number of carboxylic acid groups (broad SMARTS) is 4. The van der Waals surface area contributed by atoms with Crippen LogP contribution in [0.4, 0.5) is 0 Å². The predicted octanol–water partition coefficient (Wildman–Crippen LogP) is 8.02. The number of benzene rings is 4. The smallest absolute Gasteiger partial charge is 0.317 e. The molecule has 16 heteroatoms. The first kappa shape index (κ1) is 48.2. The van der Waals surface area contributed by atoms with Crippen LogP contribution in [-0.4, -0.2) is 90.4 Å². The molecule has 0 aliphatic carbocycles. The number of rotatable bonds is 20. The van der Waals surface area contributed by atoms with Crippen molar-refractivity contribution in [1.82, 2.24) is 41.2 Å². The highest BCUT2D eigenvalue weighted by atomic mass is 16.4. The van der Waals surface area contributed by atoms with Gasteiger partial charge in [0.1, 0.15) is 0 Å². The Morgan fingerprint density at radius 1 is 0.333 bits per heavy atom. The van der Waals surface area contributed by atoms with Crippen LogP contribution in [0.5, 0.6) is 0 Å². The van der Waals surface area contributed by atoms with E-state index in [4.69, 9.17) is 9.97 Å². The van der Waals surface area contributed by atoms with Crippen molar-refractivity contribution in [2.24, 2.45) is 0 Å². The van der Waals surface area contributed by atoms with Gasteiger partial charge in [-0.3, -0.25) is 19.2 Å². The van der Waals surface area contributed by atoms with Gasteiger partial charge in [0.2, 0.25) is 0 Å². The van der Waals surface area contributed by atoms with E-state index in [0.29, 0.717) is 49.0 Å². The topological polar surface area (TPSA) is 255 Å². The van der Waals surface area contributed by atoms with Crippen LogP contribution >= 0.6 is 0 Å². The lowest BCUT2D eigenvalue weighted by atomic mass is 10.0. The predicted molar refractivity (Wildman–Crippen MR) is 278 cm³/mol. The van der Waals surface area contributed by atoms with Gasteiger partial charge in [-0.1, -0.05) is 97.1 Å². The minimum Gasteiger partial charge on any atom is -0.480 e. The monoisotopic (exact) mass is 962 g/mol. The molecule has 0 spiro atoms. The number of hydrogen-bond acceptors (Lipinski definition) is 10. The molecule has 7 aromatic rings. The molecule has 362 valence electrons. The molecule has 72 heavy (non-hydrogen) atoms. The van der Waals surface area contributed by atoms with Crippen molar-refractivity contribution in [3.63, 3.8) is 0 Å². The summed E-state index contributed by atoms with van der Waals surface area (Å²) >= 11 is 0. The van der Waals surface area contributed by atoms with E-state index in [1.54, 1.807) is 0 Å². The number of carboxylic acids is 4. The second-order valence-corrected chi connectivity index (χ2v) is 17.3. The highest BCUT2D eigenvalue weighted by molar-refractivity contribution is 6.00. The molecule has 5 heterocycles. The summed E-state index contributed by atoms with van der Waals surface area (Å²) in [6, 6.07) is 39.8. The molecule has 0 atom stereocenters. The second-order valence-electron chi connectivity index (χ2n) is 17.3. The van der Waals surface area contributed by atoms with E-state index in [1.165, 1.54) is 0 Å². The summed E-state index contributed by atoms with van der Waals surface area (Å²) in [6.07, 6.45) is 7.99. The van der Waals surface area contributed by atoms with Gasteiger partial charge in [0, 0.05) is 70.5 Å². The number of aromatic amines is 2. The maximum absolute atomic E-state index is 11.2. The molecule has 10 N–H and O–H groups in total. The molecular formula is C56H50N8O8. The van der Waals surface area contributed by atoms with Crippen molar-refractivity contribution in [2.75, 3.05) is 26.2 Å². The largest absolute Gasteiger partial charge is 0.480 e. The fraction of sp³-hybridized carbons (Fsp3) is 0.143. The summed E-state index contributed by atoms with van der Waals surface area (Å²) in [5.41, 5.74) is 16.3. The van der Waals surface area contributed by atoms with Crippen molar-refractivity contribution in [3.05, 3.63) is 166 Å². The Morgan fingerprint density at radius 2 is 0.542 bits per heavy atom. The fourth-order valence-electron chi connectivity index (χ4n) is 8.83. The van der Waals surface area contributed by atoms with Crippen molar-refractivity contribution in [3.8, 4) is 44.5 Å². The van der Waals surface area contributed by atoms with E-state index in [2.05, 4.69) is 31.2 Å². The highest BCUT2D eigenvalue weighted by Crippen LogP contribution is 2.39. The highest BCUT2D eigenvalue weighted by Gasteiger charge is 2.20. The molecule has 0 radical (unpaired) electrons. The zero-order chi connectivity index (χ0) is 50.1. The van der Waals surface area contributed by atoms with Crippen LogP contribution in [0.3, 0.4) is 0 Å². The van der Waals surface area contributed by atoms with Crippen LogP contribution in [0.15, 0.2) is 121 Å². The van der Waals surface area contributed by atoms with E-state index in [-0.39, 0.29) is 26.2 Å².